The van der Waals surface area contributed by atoms with E-state index in [1.54, 1.807) is 0 Å². The molecule has 2 heterocycles. The third-order valence-electron chi connectivity index (χ3n) is 6.04. The zero-order chi connectivity index (χ0) is 15.2. The van der Waals surface area contributed by atoms with Crippen LogP contribution in [0, 0.1) is 11.3 Å². The fraction of sp³-hybridized carbons (Fsp3) is 1.00. The van der Waals surface area contributed by atoms with Gasteiger partial charge < -0.3 is 9.84 Å². The predicted octanol–water partition coefficient (Wildman–Crippen LogP) is 1.58. The number of aliphatic hydroxyl groups is 1. The molecule has 1 aliphatic carbocycles. The SMILES string of the molecule is CC[C@@H]1CN([C@@H]2[C@@H]3CCO[C@@H]3C2(C)C)CCN1C[C@H](C)O. The second kappa shape index (κ2) is 5.80. The van der Waals surface area contributed by atoms with Gasteiger partial charge in [0.25, 0.3) is 0 Å². The summed E-state index contributed by atoms with van der Waals surface area (Å²) in [5, 5.41) is 9.68. The van der Waals surface area contributed by atoms with Crippen LogP contribution in [-0.4, -0.2) is 72.0 Å². The molecule has 0 radical (unpaired) electrons. The number of rotatable bonds is 4. The number of hydrogen-bond donors (Lipinski definition) is 1. The van der Waals surface area contributed by atoms with Crippen molar-refractivity contribution in [2.45, 2.75) is 64.8 Å². The van der Waals surface area contributed by atoms with E-state index >= 15 is 0 Å². The molecule has 0 amide bonds. The van der Waals surface area contributed by atoms with Gasteiger partial charge in [-0.1, -0.05) is 20.8 Å². The average Bonchev–Trinajstić information content (AvgIpc) is 2.86. The minimum Gasteiger partial charge on any atom is -0.392 e. The lowest BCUT2D eigenvalue weighted by molar-refractivity contribution is -0.166. The summed E-state index contributed by atoms with van der Waals surface area (Å²) in [6.07, 6.45) is 2.67. The van der Waals surface area contributed by atoms with E-state index in [0.717, 1.165) is 38.7 Å². The zero-order valence-electron chi connectivity index (χ0n) is 14.1. The first-order valence-corrected chi connectivity index (χ1v) is 8.73. The highest BCUT2D eigenvalue weighted by molar-refractivity contribution is 5.12. The van der Waals surface area contributed by atoms with E-state index in [1.165, 1.54) is 12.8 Å². The van der Waals surface area contributed by atoms with Crippen molar-refractivity contribution in [3.8, 4) is 0 Å². The van der Waals surface area contributed by atoms with Crippen molar-refractivity contribution in [3.63, 3.8) is 0 Å². The van der Waals surface area contributed by atoms with Gasteiger partial charge in [-0.3, -0.25) is 9.80 Å². The molecule has 3 aliphatic rings. The van der Waals surface area contributed by atoms with Gasteiger partial charge in [0.2, 0.25) is 0 Å². The summed E-state index contributed by atoms with van der Waals surface area (Å²) in [6, 6.07) is 1.28. The first-order chi connectivity index (χ1) is 9.95. The zero-order valence-corrected chi connectivity index (χ0v) is 14.1. The summed E-state index contributed by atoms with van der Waals surface area (Å²) in [7, 11) is 0. The standard InChI is InChI=1S/C17H32N2O2/c1-5-13-11-19(8-7-18(13)10-12(2)20)15-14-6-9-21-16(14)17(15,3)4/h12-16,20H,5-11H2,1-4H3/t12-,13+,14-,15+,16-/m0/s1. The summed E-state index contributed by atoms with van der Waals surface area (Å²) in [4.78, 5) is 5.21. The van der Waals surface area contributed by atoms with Gasteiger partial charge in [-0.2, -0.15) is 0 Å². The summed E-state index contributed by atoms with van der Waals surface area (Å²) in [5.74, 6) is 0.751. The fourth-order valence-corrected chi connectivity index (χ4v) is 5.18. The van der Waals surface area contributed by atoms with E-state index in [4.69, 9.17) is 4.74 Å². The van der Waals surface area contributed by atoms with Gasteiger partial charge in [-0.05, 0) is 19.8 Å². The Morgan fingerprint density at radius 1 is 1.33 bits per heavy atom. The van der Waals surface area contributed by atoms with Crippen LogP contribution in [0.1, 0.15) is 40.5 Å². The third kappa shape index (κ3) is 2.65. The number of piperazine rings is 1. The number of β-amino-alcohol motifs (C(OH)–C–C–N with tert-alkyl or cyclic N) is 1. The minimum absolute atomic E-state index is 0.224. The maximum absolute atomic E-state index is 9.68. The van der Waals surface area contributed by atoms with Crippen molar-refractivity contribution in [2.75, 3.05) is 32.8 Å². The van der Waals surface area contributed by atoms with Crippen LogP contribution >= 0.6 is 0 Å². The monoisotopic (exact) mass is 296 g/mol. The molecule has 4 heteroatoms. The van der Waals surface area contributed by atoms with Crippen molar-refractivity contribution in [1.82, 2.24) is 9.80 Å². The van der Waals surface area contributed by atoms with Crippen LogP contribution < -0.4 is 0 Å². The maximum atomic E-state index is 9.68. The van der Waals surface area contributed by atoms with Crippen LogP contribution in [0.25, 0.3) is 0 Å². The summed E-state index contributed by atoms with van der Waals surface area (Å²) in [6.45, 7) is 14.1. The molecule has 0 aromatic heterocycles. The van der Waals surface area contributed by atoms with Crippen molar-refractivity contribution in [2.24, 2.45) is 11.3 Å². The second-order valence-electron chi connectivity index (χ2n) is 7.91. The van der Waals surface area contributed by atoms with E-state index < -0.39 is 0 Å². The first-order valence-electron chi connectivity index (χ1n) is 8.73. The van der Waals surface area contributed by atoms with Crippen LogP contribution in [-0.2, 0) is 4.74 Å². The summed E-state index contributed by atoms with van der Waals surface area (Å²) >= 11 is 0. The lowest BCUT2D eigenvalue weighted by atomic mass is 9.56. The highest BCUT2D eigenvalue weighted by Gasteiger charge is 2.61. The highest BCUT2D eigenvalue weighted by atomic mass is 16.5. The quantitative estimate of drug-likeness (QED) is 0.854. The number of hydrogen-bond acceptors (Lipinski definition) is 4. The van der Waals surface area contributed by atoms with Gasteiger partial charge in [-0.25, -0.2) is 0 Å². The van der Waals surface area contributed by atoms with E-state index in [0.29, 0.717) is 23.6 Å². The molecule has 0 aromatic rings. The van der Waals surface area contributed by atoms with Crippen molar-refractivity contribution < 1.29 is 9.84 Å². The molecule has 2 aliphatic heterocycles. The molecule has 0 unspecified atom stereocenters. The Hall–Kier alpha value is -0.160. The Labute approximate surface area is 129 Å². The molecule has 2 saturated heterocycles. The van der Waals surface area contributed by atoms with Gasteiger partial charge >= 0.3 is 0 Å². The largest absolute Gasteiger partial charge is 0.392 e. The second-order valence-corrected chi connectivity index (χ2v) is 7.91. The molecule has 122 valence electrons. The lowest BCUT2D eigenvalue weighted by Crippen LogP contribution is -2.70. The normalized spacial score (nSPS) is 41.6. The van der Waals surface area contributed by atoms with E-state index in [9.17, 15) is 5.11 Å². The van der Waals surface area contributed by atoms with Gasteiger partial charge in [0.15, 0.2) is 0 Å². The van der Waals surface area contributed by atoms with Gasteiger partial charge in [0.05, 0.1) is 12.2 Å². The number of aliphatic hydroxyl groups excluding tert-OH is 1. The molecule has 21 heavy (non-hydrogen) atoms. The topological polar surface area (TPSA) is 35.9 Å². The Morgan fingerprint density at radius 2 is 2.10 bits per heavy atom. The Bertz CT molecular complexity index is 372. The molecule has 1 saturated carbocycles. The van der Waals surface area contributed by atoms with Gasteiger partial charge in [0, 0.05) is 56.2 Å². The third-order valence-corrected chi connectivity index (χ3v) is 6.04. The maximum Gasteiger partial charge on any atom is 0.0685 e. The Morgan fingerprint density at radius 3 is 2.76 bits per heavy atom. The predicted molar refractivity (Wildman–Crippen MR) is 84.3 cm³/mol. The molecule has 5 atom stereocenters. The van der Waals surface area contributed by atoms with Crippen LogP contribution in [0.2, 0.25) is 0 Å². The molecular formula is C17H32N2O2. The smallest absolute Gasteiger partial charge is 0.0685 e. The van der Waals surface area contributed by atoms with Crippen molar-refractivity contribution in [1.29, 1.82) is 0 Å². The van der Waals surface area contributed by atoms with Gasteiger partial charge in [-0.15, -0.1) is 0 Å². The molecule has 0 aromatic carbocycles. The fourth-order valence-electron chi connectivity index (χ4n) is 5.18. The Kier molecular flexibility index (Phi) is 4.34. The molecule has 0 bridgehead atoms. The van der Waals surface area contributed by atoms with Crippen LogP contribution in [0.15, 0.2) is 0 Å². The van der Waals surface area contributed by atoms with Crippen molar-refractivity contribution in [3.05, 3.63) is 0 Å². The van der Waals surface area contributed by atoms with Crippen LogP contribution in [0.5, 0.6) is 0 Å². The summed E-state index contributed by atoms with van der Waals surface area (Å²) in [5.41, 5.74) is 0.298. The summed E-state index contributed by atoms with van der Waals surface area (Å²) < 4.78 is 5.94. The number of nitrogens with zero attached hydrogens (tertiary/aromatic N) is 2. The minimum atomic E-state index is -0.224. The number of fused-ring (bicyclic) bond motifs is 1. The van der Waals surface area contributed by atoms with Crippen LogP contribution in [0.4, 0.5) is 0 Å². The molecule has 3 rings (SSSR count). The first kappa shape index (κ1) is 15.7. The average molecular weight is 296 g/mol. The highest BCUT2D eigenvalue weighted by Crippen LogP contribution is 2.54. The van der Waals surface area contributed by atoms with E-state index in [-0.39, 0.29) is 6.10 Å². The van der Waals surface area contributed by atoms with E-state index in [2.05, 4.69) is 30.6 Å². The Balaban J connectivity index is 1.65. The molecule has 1 N–H and O–H groups in total. The molecule has 3 fully saturated rings. The molecule has 4 nitrogen and oxygen atoms in total. The van der Waals surface area contributed by atoms with Crippen molar-refractivity contribution >= 4 is 0 Å². The van der Waals surface area contributed by atoms with Crippen LogP contribution in [0.3, 0.4) is 0 Å². The lowest BCUT2D eigenvalue weighted by Gasteiger charge is -2.60. The molecule has 0 spiro atoms. The number of ether oxygens (including phenoxy) is 1. The van der Waals surface area contributed by atoms with E-state index in [1.807, 2.05) is 6.92 Å². The molecular weight excluding hydrogens is 264 g/mol. The van der Waals surface area contributed by atoms with Gasteiger partial charge in [0.1, 0.15) is 0 Å².